The maximum Gasteiger partial charge on any atom is 0.306 e. The summed E-state index contributed by atoms with van der Waals surface area (Å²) in [6.45, 7) is 6.69. The molecular formula is C77H144O6. The molecule has 6 nitrogen and oxygen atoms in total. The van der Waals surface area contributed by atoms with Crippen LogP contribution < -0.4 is 0 Å². The molecule has 0 saturated carbocycles. The molecule has 0 aliphatic heterocycles. The van der Waals surface area contributed by atoms with Crippen molar-refractivity contribution in [3.05, 3.63) is 36.5 Å². The zero-order valence-corrected chi connectivity index (χ0v) is 56.2. The number of rotatable bonds is 70. The highest BCUT2D eigenvalue weighted by Crippen LogP contribution is 2.19. The van der Waals surface area contributed by atoms with Gasteiger partial charge in [-0.05, 0) is 77.0 Å². The standard InChI is InChI=1S/C77H144O6/c1-4-7-10-13-16-19-22-25-28-30-32-34-35-36-37-38-39-40-41-43-44-46-49-52-55-58-61-64-67-70-76(79)82-73-74(72-81-75(78)69-66-63-60-57-54-51-48-27-24-21-18-15-12-9-6-3)83-77(80)71-68-65-62-59-56-53-50-47-45-42-33-31-29-26-23-20-17-14-11-8-5-2/h18,21,27,30,32,48,74H,4-17,19-20,22-26,28-29,31,33-47,49-73H2,1-3H3/b21-18-,32-30-,48-27-. The average Bonchev–Trinajstić information content (AvgIpc) is 3.49. The van der Waals surface area contributed by atoms with Gasteiger partial charge in [0.2, 0.25) is 0 Å². The van der Waals surface area contributed by atoms with Crippen molar-refractivity contribution >= 4 is 17.9 Å². The molecule has 0 aliphatic carbocycles. The number of allylic oxidation sites excluding steroid dienone is 6. The third kappa shape index (κ3) is 70.3. The fourth-order valence-electron chi connectivity index (χ4n) is 11.5. The van der Waals surface area contributed by atoms with Gasteiger partial charge in [-0.15, -0.1) is 0 Å². The zero-order chi connectivity index (χ0) is 59.9. The highest BCUT2D eigenvalue weighted by molar-refractivity contribution is 5.71. The number of carbonyl (C=O) groups is 3. The number of carbonyl (C=O) groups excluding carboxylic acids is 3. The third-order valence-electron chi connectivity index (χ3n) is 17.1. The number of esters is 3. The Morgan fingerprint density at radius 1 is 0.241 bits per heavy atom. The van der Waals surface area contributed by atoms with Gasteiger partial charge in [0.25, 0.3) is 0 Å². The summed E-state index contributed by atoms with van der Waals surface area (Å²) in [5, 5.41) is 0. The van der Waals surface area contributed by atoms with E-state index in [2.05, 4.69) is 57.2 Å². The second-order valence-corrected chi connectivity index (χ2v) is 25.6. The molecule has 0 rings (SSSR count). The van der Waals surface area contributed by atoms with Crippen molar-refractivity contribution in [1.29, 1.82) is 0 Å². The van der Waals surface area contributed by atoms with Gasteiger partial charge in [0.1, 0.15) is 13.2 Å². The minimum Gasteiger partial charge on any atom is -0.462 e. The summed E-state index contributed by atoms with van der Waals surface area (Å²) in [5.41, 5.74) is 0. The van der Waals surface area contributed by atoms with Crippen LogP contribution in [0.2, 0.25) is 0 Å². The van der Waals surface area contributed by atoms with E-state index in [1.54, 1.807) is 0 Å². The molecule has 1 unspecified atom stereocenters. The van der Waals surface area contributed by atoms with Gasteiger partial charge in [0, 0.05) is 19.3 Å². The molecule has 0 aromatic carbocycles. The molecule has 0 amide bonds. The van der Waals surface area contributed by atoms with Crippen molar-refractivity contribution in [1.82, 2.24) is 0 Å². The van der Waals surface area contributed by atoms with Gasteiger partial charge in [0.15, 0.2) is 6.10 Å². The predicted octanol–water partition coefficient (Wildman–Crippen LogP) is 25.9. The monoisotopic (exact) mass is 1170 g/mol. The van der Waals surface area contributed by atoms with Gasteiger partial charge in [-0.3, -0.25) is 14.4 Å². The Balaban J connectivity index is 4.21. The highest BCUT2D eigenvalue weighted by Gasteiger charge is 2.20. The summed E-state index contributed by atoms with van der Waals surface area (Å²) in [6, 6.07) is 0. The van der Waals surface area contributed by atoms with E-state index in [0.29, 0.717) is 19.3 Å². The normalized spacial score (nSPS) is 12.2. The molecule has 0 aromatic rings. The van der Waals surface area contributed by atoms with Crippen LogP contribution in [0.15, 0.2) is 36.5 Å². The Kier molecular flexibility index (Phi) is 70.0. The van der Waals surface area contributed by atoms with Crippen LogP contribution in [-0.4, -0.2) is 37.2 Å². The van der Waals surface area contributed by atoms with Gasteiger partial charge in [-0.2, -0.15) is 0 Å². The fourth-order valence-corrected chi connectivity index (χ4v) is 11.5. The lowest BCUT2D eigenvalue weighted by Gasteiger charge is -2.18. The van der Waals surface area contributed by atoms with Gasteiger partial charge in [-0.1, -0.05) is 359 Å². The molecule has 0 N–H and O–H groups in total. The molecule has 0 saturated heterocycles. The van der Waals surface area contributed by atoms with Crippen LogP contribution >= 0.6 is 0 Å². The average molecular weight is 1170 g/mol. The molecule has 488 valence electrons. The number of hydrogen-bond donors (Lipinski definition) is 0. The van der Waals surface area contributed by atoms with E-state index < -0.39 is 6.10 Å². The summed E-state index contributed by atoms with van der Waals surface area (Å²) in [4.78, 5) is 38.5. The molecule has 0 bridgehead atoms. The molecule has 83 heavy (non-hydrogen) atoms. The van der Waals surface area contributed by atoms with Crippen LogP contribution in [0.25, 0.3) is 0 Å². The molecule has 0 heterocycles. The lowest BCUT2D eigenvalue weighted by Crippen LogP contribution is -2.30. The Hall–Kier alpha value is -2.37. The van der Waals surface area contributed by atoms with E-state index in [0.717, 1.165) is 77.0 Å². The Morgan fingerprint density at radius 3 is 0.699 bits per heavy atom. The molecule has 0 aromatic heterocycles. The van der Waals surface area contributed by atoms with E-state index in [1.807, 2.05) is 0 Å². The first-order valence-electron chi connectivity index (χ1n) is 37.5. The van der Waals surface area contributed by atoms with Crippen LogP contribution in [0.1, 0.15) is 419 Å². The van der Waals surface area contributed by atoms with E-state index in [-0.39, 0.29) is 31.1 Å². The molecule has 1 atom stereocenters. The molecule has 6 heteroatoms. The Morgan fingerprint density at radius 2 is 0.434 bits per heavy atom. The minimum absolute atomic E-state index is 0.0708. The molecule has 0 spiro atoms. The summed E-state index contributed by atoms with van der Waals surface area (Å²) >= 11 is 0. The topological polar surface area (TPSA) is 78.9 Å². The maximum absolute atomic E-state index is 13.0. The van der Waals surface area contributed by atoms with Crippen LogP contribution in [0, 0.1) is 0 Å². The summed E-state index contributed by atoms with van der Waals surface area (Å²) in [7, 11) is 0. The van der Waals surface area contributed by atoms with Crippen LogP contribution in [0.4, 0.5) is 0 Å². The second kappa shape index (κ2) is 72.1. The van der Waals surface area contributed by atoms with Crippen LogP contribution in [-0.2, 0) is 28.6 Å². The molecule has 0 radical (unpaired) electrons. The molecular weight excluding hydrogens is 1020 g/mol. The number of unbranched alkanes of at least 4 members (excludes halogenated alkanes) is 53. The van der Waals surface area contributed by atoms with Gasteiger partial charge in [0.05, 0.1) is 0 Å². The second-order valence-electron chi connectivity index (χ2n) is 25.6. The number of ether oxygens (including phenoxy) is 3. The quantitative estimate of drug-likeness (QED) is 0.0261. The van der Waals surface area contributed by atoms with Crippen molar-refractivity contribution in [3.8, 4) is 0 Å². The van der Waals surface area contributed by atoms with E-state index in [9.17, 15) is 14.4 Å². The predicted molar refractivity (Wildman–Crippen MR) is 362 cm³/mol. The summed E-state index contributed by atoms with van der Waals surface area (Å²) in [6.07, 6.45) is 90.5. The Labute approximate surface area is 518 Å². The van der Waals surface area contributed by atoms with Crippen LogP contribution in [0.5, 0.6) is 0 Å². The highest BCUT2D eigenvalue weighted by atomic mass is 16.6. The van der Waals surface area contributed by atoms with Crippen molar-refractivity contribution < 1.29 is 28.6 Å². The Bertz CT molecular complexity index is 1380. The first-order chi connectivity index (χ1) is 41.0. The molecule has 0 aliphatic rings. The minimum atomic E-state index is -0.776. The van der Waals surface area contributed by atoms with E-state index in [4.69, 9.17) is 14.2 Å². The van der Waals surface area contributed by atoms with Crippen LogP contribution in [0.3, 0.4) is 0 Å². The lowest BCUT2D eigenvalue weighted by atomic mass is 10.0. The van der Waals surface area contributed by atoms with E-state index in [1.165, 1.54) is 302 Å². The van der Waals surface area contributed by atoms with E-state index >= 15 is 0 Å². The summed E-state index contributed by atoms with van der Waals surface area (Å²) in [5.74, 6) is -0.852. The third-order valence-corrected chi connectivity index (χ3v) is 17.1. The first-order valence-corrected chi connectivity index (χ1v) is 37.5. The zero-order valence-electron chi connectivity index (χ0n) is 56.2. The fraction of sp³-hybridized carbons (Fsp3) is 0.883. The van der Waals surface area contributed by atoms with Gasteiger partial charge < -0.3 is 14.2 Å². The lowest BCUT2D eigenvalue weighted by molar-refractivity contribution is -0.167. The van der Waals surface area contributed by atoms with Crippen molar-refractivity contribution in [2.45, 2.75) is 425 Å². The molecule has 0 fully saturated rings. The van der Waals surface area contributed by atoms with Gasteiger partial charge >= 0.3 is 17.9 Å². The SMILES string of the molecule is CCCCC/C=C\C/C=C\CCCCCCCC(=O)OCC(COC(=O)CCCCCCCCCCCCCCCCCCC/C=C\CCCCCCCCCC)OC(=O)CCCCCCCCCCCCCCCCCCCCCCC. The van der Waals surface area contributed by atoms with Crippen molar-refractivity contribution in [2.75, 3.05) is 13.2 Å². The maximum atomic E-state index is 13.0. The summed E-state index contributed by atoms with van der Waals surface area (Å²) < 4.78 is 17.0. The van der Waals surface area contributed by atoms with Gasteiger partial charge in [-0.25, -0.2) is 0 Å². The number of hydrogen-bond acceptors (Lipinski definition) is 6. The first kappa shape index (κ1) is 80.6. The smallest absolute Gasteiger partial charge is 0.306 e. The van der Waals surface area contributed by atoms with Crippen molar-refractivity contribution in [2.24, 2.45) is 0 Å². The van der Waals surface area contributed by atoms with Crippen molar-refractivity contribution in [3.63, 3.8) is 0 Å². The largest absolute Gasteiger partial charge is 0.462 e.